The van der Waals surface area contributed by atoms with Crippen LogP contribution < -0.4 is 9.80 Å². The van der Waals surface area contributed by atoms with Crippen LogP contribution in [0.5, 0.6) is 0 Å². The van der Waals surface area contributed by atoms with Gasteiger partial charge in [0.25, 0.3) is 5.91 Å². The molecule has 0 unspecified atom stereocenters. The van der Waals surface area contributed by atoms with Crippen LogP contribution in [0.2, 0.25) is 0 Å². The van der Waals surface area contributed by atoms with Crippen molar-refractivity contribution in [2.75, 3.05) is 16.3 Å². The molecule has 2 aliphatic rings. The van der Waals surface area contributed by atoms with Crippen molar-refractivity contribution in [2.24, 2.45) is 0 Å². The molecule has 21 heavy (non-hydrogen) atoms. The molecule has 1 aromatic heterocycles. The zero-order valence-electron chi connectivity index (χ0n) is 11.4. The normalized spacial score (nSPS) is 17.8. The molecular formula is C16H14N2O3. The number of amides is 2. The lowest BCUT2D eigenvalue weighted by Crippen LogP contribution is -2.49. The predicted octanol–water partition coefficient (Wildman–Crippen LogP) is 2.44. The molecule has 2 amide bonds. The molecule has 106 valence electrons. The van der Waals surface area contributed by atoms with Crippen molar-refractivity contribution in [2.45, 2.75) is 18.9 Å². The van der Waals surface area contributed by atoms with E-state index in [1.165, 1.54) is 11.2 Å². The highest BCUT2D eigenvalue weighted by Gasteiger charge is 2.40. The summed E-state index contributed by atoms with van der Waals surface area (Å²) in [5.41, 5.74) is 1.58. The molecule has 1 saturated carbocycles. The number of carbonyl (C=O) groups excluding carboxylic acids is 2. The molecule has 1 fully saturated rings. The van der Waals surface area contributed by atoms with Crippen LogP contribution in [-0.2, 0) is 4.79 Å². The van der Waals surface area contributed by atoms with Crippen molar-refractivity contribution in [3.63, 3.8) is 0 Å². The highest BCUT2D eigenvalue weighted by Crippen LogP contribution is 2.40. The number of hydrogen-bond donors (Lipinski definition) is 0. The van der Waals surface area contributed by atoms with E-state index in [4.69, 9.17) is 4.42 Å². The standard InChI is InChI=1S/C16H14N2O3/c19-15-10-17(16(20)14-6-3-9-21-14)12-4-1-2-5-13(12)18(15)11-7-8-11/h1-6,9,11H,7-8,10H2. The predicted molar refractivity (Wildman–Crippen MR) is 77.3 cm³/mol. The monoisotopic (exact) mass is 282 g/mol. The average molecular weight is 282 g/mol. The maximum absolute atomic E-state index is 12.5. The van der Waals surface area contributed by atoms with Crippen molar-refractivity contribution in [1.82, 2.24) is 0 Å². The number of benzene rings is 1. The SMILES string of the molecule is O=C(c1ccco1)N1CC(=O)N(C2CC2)c2ccccc21. The van der Waals surface area contributed by atoms with Gasteiger partial charge in [-0.25, -0.2) is 0 Å². The van der Waals surface area contributed by atoms with Crippen LogP contribution in [0, 0.1) is 0 Å². The summed E-state index contributed by atoms with van der Waals surface area (Å²) in [5.74, 6) is -0.0650. The first-order valence-corrected chi connectivity index (χ1v) is 7.02. The number of para-hydroxylation sites is 2. The topological polar surface area (TPSA) is 53.8 Å². The number of hydrogen-bond acceptors (Lipinski definition) is 3. The Kier molecular flexibility index (Phi) is 2.60. The Morgan fingerprint density at radius 1 is 1.10 bits per heavy atom. The number of rotatable bonds is 2. The van der Waals surface area contributed by atoms with Crippen molar-refractivity contribution >= 4 is 23.2 Å². The van der Waals surface area contributed by atoms with Crippen molar-refractivity contribution < 1.29 is 14.0 Å². The number of anilines is 2. The maximum Gasteiger partial charge on any atom is 0.294 e. The molecule has 0 bridgehead atoms. The van der Waals surface area contributed by atoms with Crippen LogP contribution in [0.3, 0.4) is 0 Å². The first-order valence-electron chi connectivity index (χ1n) is 7.02. The van der Waals surface area contributed by atoms with Gasteiger partial charge in [0, 0.05) is 6.04 Å². The Labute approximate surface area is 121 Å². The van der Waals surface area contributed by atoms with Crippen LogP contribution in [-0.4, -0.2) is 24.4 Å². The molecule has 5 nitrogen and oxygen atoms in total. The first kappa shape index (κ1) is 12.2. The van der Waals surface area contributed by atoms with Gasteiger partial charge in [0.2, 0.25) is 5.91 Å². The molecule has 0 N–H and O–H groups in total. The molecule has 0 radical (unpaired) electrons. The summed E-state index contributed by atoms with van der Waals surface area (Å²) in [6.07, 6.45) is 3.53. The van der Waals surface area contributed by atoms with Gasteiger partial charge < -0.3 is 9.32 Å². The molecule has 1 aliphatic carbocycles. The van der Waals surface area contributed by atoms with Crippen molar-refractivity contribution in [3.8, 4) is 0 Å². The summed E-state index contributed by atoms with van der Waals surface area (Å²) in [7, 11) is 0. The fraction of sp³-hybridized carbons (Fsp3) is 0.250. The van der Waals surface area contributed by atoms with E-state index in [2.05, 4.69) is 0 Å². The third kappa shape index (κ3) is 1.93. The van der Waals surface area contributed by atoms with Crippen LogP contribution in [0.1, 0.15) is 23.4 Å². The minimum absolute atomic E-state index is 0.0314. The highest BCUT2D eigenvalue weighted by molar-refractivity contribution is 6.15. The molecule has 1 aliphatic heterocycles. The first-order chi connectivity index (χ1) is 10.3. The summed E-state index contributed by atoms with van der Waals surface area (Å²) in [4.78, 5) is 28.3. The second-order valence-corrected chi connectivity index (χ2v) is 5.35. The number of nitrogens with zero attached hydrogens (tertiary/aromatic N) is 2. The van der Waals surface area contributed by atoms with Gasteiger partial charge in [-0.05, 0) is 37.1 Å². The smallest absolute Gasteiger partial charge is 0.294 e. The molecule has 5 heteroatoms. The number of fused-ring (bicyclic) bond motifs is 1. The van der Waals surface area contributed by atoms with E-state index >= 15 is 0 Å². The Hall–Kier alpha value is -2.56. The molecule has 0 atom stereocenters. The second kappa shape index (κ2) is 4.48. The van der Waals surface area contributed by atoms with Gasteiger partial charge >= 0.3 is 0 Å². The Balaban J connectivity index is 1.77. The molecule has 2 heterocycles. The minimum Gasteiger partial charge on any atom is -0.459 e. The summed E-state index contributed by atoms with van der Waals surface area (Å²) in [5, 5.41) is 0. The van der Waals surface area contributed by atoms with Crippen LogP contribution in [0.25, 0.3) is 0 Å². The molecule has 4 rings (SSSR count). The second-order valence-electron chi connectivity index (χ2n) is 5.35. The molecule has 1 aromatic carbocycles. The Bertz CT molecular complexity index is 704. The third-order valence-electron chi connectivity index (χ3n) is 3.88. The van der Waals surface area contributed by atoms with Crippen molar-refractivity contribution in [3.05, 3.63) is 48.4 Å². The maximum atomic E-state index is 12.5. The summed E-state index contributed by atoms with van der Waals surface area (Å²) >= 11 is 0. The summed E-state index contributed by atoms with van der Waals surface area (Å²) in [6.45, 7) is 0.0625. The lowest BCUT2D eigenvalue weighted by Gasteiger charge is -2.35. The van der Waals surface area contributed by atoms with Gasteiger partial charge in [0.15, 0.2) is 5.76 Å². The zero-order valence-corrected chi connectivity index (χ0v) is 11.4. The van der Waals surface area contributed by atoms with Gasteiger partial charge in [-0.15, -0.1) is 0 Å². The fourth-order valence-electron chi connectivity index (χ4n) is 2.77. The lowest BCUT2D eigenvalue weighted by atomic mass is 10.1. The summed E-state index contributed by atoms with van der Waals surface area (Å²) in [6, 6.07) is 11.1. The van der Waals surface area contributed by atoms with E-state index in [9.17, 15) is 9.59 Å². The lowest BCUT2D eigenvalue weighted by molar-refractivity contribution is -0.117. The largest absolute Gasteiger partial charge is 0.459 e. The van der Waals surface area contributed by atoms with Gasteiger partial charge in [0.1, 0.15) is 6.54 Å². The van der Waals surface area contributed by atoms with E-state index < -0.39 is 0 Å². The molecule has 2 aromatic rings. The van der Waals surface area contributed by atoms with E-state index in [0.29, 0.717) is 6.04 Å². The quantitative estimate of drug-likeness (QED) is 0.850. The highest BCUT2D eigenvalue weighted by atomic mass is 16.3. The van der Waals surface area contributed by atoms with Gasteiger partial charge in [-0.2, -0.15) is 0 Å². The van der Waals surface area contributed by atoms with Crippen molar-refractivity contribution in [1.29, 1.82) is 0 Å². The van der Waals surface area contributed by atoms with Crippen LogP contribution >= 0.6 is 0 Å². The van der Waals surface area contributed by atoms with Gasteiger partial charge in [0.05, 0.1) is 17.6 Å². The summed E-state index contributed by atoms with van der Waals surface area (Å²) < 4.78 is 5.17. The zero-order chi connectivity index (χ0) is 14.4. The van der Waals surface area contributed by atoms with Gasteiger partial charge in [-0.3, -0.25) is 14.5 Å². The number of furan rings is 1. The Morgan fingerprint density at radius 3 is 2.52 bits per heavy atom. The van der Waals surface area contributed by atoms with Crippen LogP contribution in [0.15, 0.2) is 47.1 Å². The minimum atomic E-state index is -0.281. The molecule has 0 saturated heterocycles. The van der Waals surface area contributed by atoms with E-state index in [1.54, 1.807) is 12.1 Å². The van der Waals surface area contributed by atoms with E-state index in [1.807, 2.05) is 29.2 Å². The van der Waals surface area contributed by atoms with Gasteiger partial charge in [-0.1, -0.05) is 12.1 Å². The van der Waals surface area contributed by atoms with E-state index in [-0.39, 0.29) is 24.1 Å². The number of carbonyl (C=O) groups is 2. The van der Waals surface area contributed by atoms with Crippen LogP contribution in [0.4, 0.5) is 11.4 Å². The fourth-order valence-corrected chi connectivity index (χ4v) is 2.77. The molecule has 0 spiro atoms. The van der Waals surface area contributed by atoms with E-state index in [0.717, 1.165) is 24.2 Å². The Morgan fingerprint density at radius 2 is 1.86 bits per heavy atom. The average Bonchev–Trinajstić information content (AvgIpc) is 3.18. The molecular weight excluding hydrogens is 268 g/mol. The third-order valence-corrected chi connectivity index (χ3v) is 3.88.